The van der Waals surface area contributed by atoms with E-state index in [4.69, 9.17) is 10.1 Å². The first-order valence-electron chi connectivity index (χ1n) is 18.3. The molecule has 1 spiro atoms. The van der Waals surface area contributed by atoms with Gasteiger partial charge in [-0.15, -0.1) is 29.1 Å². The Morgan fingerprint density at radius 2 is 1.63 bits per heavy atom. The summed E-state index contributed by atoms with van der Waals surface area (Å²) in [6.07, 6.45) is 8.09. The second-order valence-electron chi connectivity index (χ2n) is 16.4. The van der Waals surface area contributed by atoms with E-state index in [2.05, 4.69) is 89.2 Å². The summed E-state index contributed by atoms with van der Waals surface area (Å²) in [5.41, 5.74) is 9.63. The second kappa shape index (κ2) is 16.3. The monoisotopic (exact) mass is 877 g/mol. The Hall–Kier alpha value is -3.02. The summed E-state index contributed by atoms with van der Waals surface area (Å²) in [7, 11) is 0. The standard InChI is InChI=1S/C36H42N.C8H11F3O2.Ir/c1-24-19-25(2)34-30(26-13-17-36(18-14-26)15-9-6-10-16-36)23-32(37-33(34)20-24)28-21-27-11-7-8-12-29(27)31(22-28)35(3,4)5;1-5(2)3-6(12)4-7(13)8(9,10)11;/h7-8,11-12,19-20,22-23,26H,6,9-10,13-18H2,1-5H3;4-5,13H,3H2,1-2H3;/q-1;;/b;7-4-;. The van der Waals surface area contributed by atoms with E-state index < -0.39 is 17.7 Å². The van der Waals surface area contributed by atoms with Crippen LogP contribution in [0.1, 0.15) is 127 Å². The zero-order chi connectivity index (χ0) is 36.4. The van der Waals surface area contributed by atoms with E-state index in [-0.39, 0.29) is 43.9 Å². The van der Waals surface area contributed by atoms with Crippen LogP contribution in [0.15, 0.2) is 60.4 Å². The molecule has 0 atom stereocenters. The quantitative estimate of drug-likeness (QED) is 0.123. The first kappa shape index (κ1) is 40.7. The molecule has 1 radical (unpaired) electrons. The Morgan fingerprint density at radius 3 is 2.24 bits per heavy atom. The largest absolute Gasteiger partial charge is 0.504 e. The van der Waals surface area contributed by atoms with Gasteiger partial charge in [-0.25, -0.2) is 0 Å². The smallest absolute Gasteiger partial charge is 0.448 e. The van der Waals surface area contributed by atoms with Gasteiger partial charge < -0.3 is 5.11 Å². The van der Waals surface area contributed by atoms with Crippen molar-refractivity contribution in [2.24, 2.45) is 11.3 Å². The molecule has 51 heavy (non-hydrogen) atoms. The minimum atomic E-state index is -4.83. The number of nitrogens with zero attached hydrogens (tertiary/aromatic N) is 1. The molecule has 1 aromatic heterocycles. The predicted octanol–water partition coefficient (Wildman–Crippen LogP) is 13.0. The van der Waals surface area contributed by atoms with Gasteiger partial charge in [0.15, 0.2) is 5.78 Å². The number of pyridine rings is 1. The number of allylic oxidation sites excluding steroid dienone is 2. The SMILES string of the molecule is CC(C)CC(=O)/C=C(\O)C(F)(F)F.Cc1cc(C)c2c(C3CCC4(CCCCC4)CC3)cc(-c3[c-]c4ccccc4c(C(C)(C)C)c3)nc2c1.[Ir]. The number of hydrogen-bond donors (Lipinski definition) is 1. The Kier molecular flexibility index (Phi) is 13.0. The van der Waals surface area contributed by atoms with Crippen molar-refractivity contribution >= 4 is 27.5 Å². The van der Waals surface area contributed by atoms with E-state index in [1.165, 1.54) is 96.2 Å². The van der Waals surface area contributed by atoms with Gasteiger partial charge in [-0.2, -0.15) is 13.2 Å². The molecule has 0 bridgehead atoms. The average molecular weight is 877 g/mol. The fourth-order valence-corrected chi connectivity index (χ4v) is 8.28. The summed E-state index contributed by atoms with van der Waals surface area (Å²) in [5.74, 6) is -1.95. The molecule has 0 unspecified atom stereocenters. The number of aliphatic hydroxyl groups excluding tert-OH is 1. The molecule has 1 heterocycles. The van der Waals surface area contributed by atoms with Crippen LogP contribution in [-0.4, -0.2) is 22.1 Å². The number of rotatable bonds is 5. The number of carbonyl (C=O) groups excluding carboxylic acids is 1. The number of hydrogen-bond acceptors (Lipinski definition) is 3. The molecule has 277 valence electrons. The van der Waals surface area contributed by atoms with Gasteiger partial charge >= 0.3 is 6.18 Å². The van der Waals surface area contributed by atoms with Crippen LogP contribution in [0.25, 0.3) is 32.9 Å². The molecule has 2 aliphatic rings. The maximum atomic E-state index is 11.7. The van der Waals surface area contributed by atoms with Crippen LogP contribution in [0, 0.1) is 31.2 Å². The molecular formula is C44H53F3IrNO2-. The van der Waals surface area contributed by atoms with Crippen molar-refractivity contribution < 1.29 is 43.2 Å². The molecular weight excluding hydrogens is 824 g/mol. The maximum absolute atomic E-state index is 11.7. The molecule has 0 amide bonds. The van der Waals surface area contributed by atoms with Crippen molar-refractivity contribution in [2.45, 2.75) is 130 Å². The van der Waals surface area contributed by atoms with Gasteiger partial charge in [-0.1, -0.05) is 95.2 Å². The zero-order valence-corrected chi connectivity index (χ0v) is 33.6. The van der Waals surface area contributed by atoms with Crippen molar-refractivity contribution in [3.8, 4) is 11.3 Å². The molecule has 4 aromatic rings. The number of benzene rings is 3. The first-order chi connectivity index (χ1) is 23.5. The van der Waals surface area contributed by atoms with E-state index in [9.17, 15) is 18.0 Å². The molecule has 2 fully saturated rings. The van der Waals surface area contributed by atoms with Crippen LogP contribution in [-0.2, 0) is 30.3 Å². The fourth-order valence-electron chi connectivity index (χ4n) is 8.28. The van der Waals surface area contributed by atoms with Gasteiger partial charge in [-0.3, -0.25) is 9.78 Å². The maximum Gasteiger partial charge on any atom is 0.448 e. The van der Waals surface area contributed by atoms with E-state index >= 15 is 0 Å². The van der Waals surface area contributed by atoms with E-state index in [1.54, 1.807) is 13.8 Å². The van der Waals surface area contributed by atoms with Crippen molar-refractivity contribution in [1.82, 2.24) is 4.98 Å². The second-order valence-corrected chi connectivity index (χ2v) is 16.4. The van der Waals surface area contributed by atoms with E-state index in [0.717, 1.165) is 16.8 Å². The Bertz CT molecular complexity index is 1870. The van der Waals surface area contributed by atoms with Gasteiger partial charge in [0.05, 0.1) is 5.52 Å². The summed E-state index contributed by atoms with van der Waals surface area (Å²) in [5, 5.41) is 12.3. The van der Waals surface area contributed by atoms with Crippen LogP contribution in [0.2, 0.25) is 0 Å². The Labute approximate surface area is 315 Å². The third kappa shape index (κ3) is 9.90. The molecule has 0 aliphatic heterocycles. The van der Waals surface area contributed by atoms with Gasteiger partial charge in [0.2, 0.25) is 5.76 Å². The number of halogens is 3. The minimum Gasteiger partial charge on any atom is -0.504 e. The third-order valence-corrected chi connectivity index (χ3v) is 10.7. The Morgan fingerprint density at radius 1 is 0.980 bits per heavy atom. The molecule has 1 N–H and O–H groups in total. The van der Waals surface area contributed by atoms with Crippen molar-refractivity contribution in [3.63, 3.8) is 0 Å². The summed E-state index contributed by atoms with van der Waals surface area (Å²) in [6.45, 7) is 14.8. The van der Waals surface area contributed by atoms with Crippen molar-refractivity contribution in [2.75, 3.05) is 0 Å². The fraction of sp³-hybridized carbons (Fsp3) is 0.500. The number of aromatic nitrogens is 1. The topological polar surface area (TPSA) is 50.2 Å². The van der Waals surface area contributed by atoms with Crippen LogP contribution >= 0.6 is 0 Å². The van der Waals surface area contributed by atoms with E-state index in [0.29, 0.717) is 11.3 Å². The van der Waals surface area contributed by atoms with Crippen LogP contribution < -0.4 is 0 Å². The number of carbonyl (C=O) groups is 1. The van der Waals surface area contributed by atoms with Gasteiger partial charge in [0.25, 0.3) is 0 Å². The molecule has 0 saturated heterocycles. The van der Waals surface area contributed by atoms with Gasteiger partial charge in [-0.05, 0) is 97.8 Å². The van der Waals surface area contributed by atoms with Gasteiger partial charge in [0.1, 0.15) is 0 Å². The minimum absolute atomic E-state index is 0. The molecule has 3 aromatic carbocycles. The van der Waals surface area contributed by atoms with Crippen LogP contribution in [0.5, 0.6) is 0 Å². The summed E-state index contributed by atoms with van der Waals surface area (Å²) < 4.78 is 35.0. The summed E-state index contributed by atoms with van der Waals surface area (Å²) in [6, 6.07) is 21.9. The molecule has 3 nitrogen and oxygen atoms in total. The number of fused-ring (bicyclic) bond motifs is 2. The van der Waals surface area contributed by atoms with Crippen molar-refractivity contribution in [3.05, 3.63) is 88.7 Å². The number of alkyl halides is 3. The Balaban J connectivity index is 0.000000358. The zero-order valence-electron chi connectivity index (χ0n) is 31.2. The third-order valence-electron chi connectivity index (χ3n) is 10.7. The van der Waals surface area contributed by atoms with Gasteiger partial charge in [0, 0.05) is 43.7 Å². The number of aryl methyl sites for hydroxylation is 2. The number of aliphatic hydroxyl groups is 1. The normalized spacial score (nSPS) is 17.0. The number of ketones is 1. The molecule has 2 aliphatic carbocycles. The first-order valence-corrected chi connectivity index (χ1v) is 18.3. The van der Waals surface area contributed by atoms with E-state index in [1.807, 2.05) is 0 Å². The predicted molar refractivity (Wildman–Crippen MR) is 200 cm³/mol. The summed E-state index contributed by atoms with van der Waals surface area (Å²) >= 11 is 0. The average Bonchev–Trinajstić information content (AvgIpc) is 3.03. The van der Waals surface area contributed by atoms with Crippen LogP contribution in [0.4, 0.5) is 13.2 Å². The summed E-state index contributed by atoms with van der Waals surface area (Å²) in [4.78, 5) is 16.1. The van der Waals surface area contributed by atoms with Crippen molar-refractivity contribution in [1.29, 1.82) is 0 Å². The van der Waals surface area contributed by atoms with Crippen LogP contribution in [0.3, 0.4) is 0 Å². The molecule has 7 heteroatoms. The molecule has 2 saturated carbocycles. The molecule has 6 rings (SSSR count).